The third-order valence-corrected chi connectivity index (χ3v) is 6.12. The van der Waals surface area contributed by atoms with E-state index in [9.17, 15) is 14.7 Å². The number of amides is 1. The van der Waals surface area contributed by atoms with Crippen molar-refractivity contribution in [3.63, 3.8) is 0 Å². The molecule has 1 amide bonds. The van der Waals surface area contributed by atoms with Crippen LogP contribution in [-0.4, -0.2) is 51.0 Å². The molecule has 174 valence electrons. The molecule has 1 N–H and O–H groups in total. The second-order valence-electron chi connectivity index (χ2n) is 8.42. The molecular formula is C26H25N3O5. The largest absolute Gasteiger partial charge is 0.507 e. The lowest BCUT2D eigenvalue weighted by atomic mass is 9.94. The number of aryl methyl sites for hydroxylation is 2. The van der Waals surface area contributed by atoms with Gasteiger partial charge < -0.3 is 24.0 Å². The van der Waals surface area contributed by atoms with Gasteiger partial charge in [0.05, 0.1) is 17.9 Å². The Morgan fingerprint density at radius 1 is 1.06 bits per heavy atom. The van der Waals surface area contributed by atoms with Gasteiger partial charge in [0.2, 0.25) is 0 Å². The van der Waals surface area contributed by atoms with Crippen LogP contribution in [0.15, 0.2) is 66.8 Å². The molecule has 1 fully saturated rings. The minimum absolute atomic E-state index is 0.0770. The number of carbonyl (C=O) groups excluding carboxylic acids is 2. The van der Waals surface area contributed by atoms with Crippen molar-refractivity contribution in [1.29, 1.82) is 0 Å². The fourth-order valence-electron chi connectivity index (χ4n) is 4.39. The van der Waals surface area contributed by atoms with Crippen molar-refractivity contribution in [3.05, 3.63) is 83.4 Å². The summed E-state index contributed by atoms with van der Waals surface area (Å²) in [5, 5.41) is 11.3. The molecule has 8 heteroatoms. The van der Waals surface area contributed by atoms with E-state index in [2.05, 4.69) is 4.98 Å². The first-order valence-electron chi connectivity index (χ1n) is 11.2. The van der Waals surface area contributed by atoms with E-state index in [4.69, 9.17) is 9.47 Å². The van der Waals surface area contributed by atoms with E-state index in [1.807, 2.05) is 42.0 Å². The van der Waals surface area contributed by atoms with Crippen LogP contribution in [0.1, 0.15) is 29.2 Å². The third-order valence-electron chi connectivity index (χ3n) is 6.12. The van der Waals surface area contributed by atoms with Gasteiger partial charge in [0.25, 0.3) is 11.7 Å². The summed E-state index contributed by atoms with van der Waals surface area (Å²) >= 11 is 0. The fraction of sp³-hybridized carbons (Fsp3) is 0.269. The lowest BCUT2D eigenvalue weighted by Gasteiger charge is -2.25. The molecule has 1 unspecified atom stereocenters. The Kier molecular flexibility index (Phi) is 5.79. The number of rotatable bonds is 6. The van der Waals surface area contributed by atoms with Crippen LogP contribution >= 0.6 is 0 Å². The third kappa shape index (κ3) is 4.03. The normalized spacial score (nSPS) is 19.0. The van der Waals surface area contributed by atoms with E-state index in [1.165, 1.54) is 0 Å². The van der Waals surface area contributed by atoms with Gasteiger partial charge in [0.1, 0.15) is 19.0 Å². The molecule has 8 nitrogen and oxygen atoms in total. The van der Waals surface area contributed by atoms with Crippen molar-refractivity contribution in [2.45, 2.75) is 25.9 Å². The molecule has 0 radical (unpaired) electrons. The van der Waals surface area contributed by atoms with E-state index >= 15 is 0 Å². The zero-order valence-electron chi connectivity index (χ0n) is 18.8. The molecule has 0 spiro atoms. The first-order chi connectivity index (χ1) is 16.5. The number of likely N-dealkylation sites (tertiary alicyclic amines) is 1. The average molecular weight is 460 g/mol. The van der Waals surface area contributed by atoms with E-state index in [1.54, 1.807) is 35.6 Å². The smallest absolute Gasteiger partial charge is 0.295 e. The van der Waals surface area contributed by atoms with Gasteiger partial charge >= 0.3 is 0 Å². The molecular weight excluding hydrogens is 434 g/mol. The number of nitrogens with zero attached hydrogens (tertiary/aromatic N) is 3. The monoisotopic (exact) mass is 459 g/mol. The van der Waals surface area contributed by atoms with Crippen LogP contribution < -0.4 is 9.47 Å². The highest BCUT2D eigenvalue weighted by Gasteiger charge is 2.45. The molecule has 2 aliphatic heterocycles. The maximum absolute atomic E-state index is 13.2. The molecule has 5 rings (SSSR count). The predicted octanol–water partition coefficient (Wildman–Crippen LogP) is 3.47. The highest BCUT2D eigenvalue weighted by atomic mass is 16.6. The Hall–Kier alpha value is -4.07. The Labute approximate surface area is 197 Å². The van der Waals surface area contributed by atoms with Crippen molar-refractivity contribution in [1.82, 2.24) is 14.5 Å². The first kappa shape index (κ1) is 21.8. The van der Waals surface area contributed by atoms with E-state index in [0.29, 0.717) is 49.8 Å². The summed E-state index contributed by atoms with van der Waals surface area (Å²) in [4.78, 5) is 31.9. The topological polar surface area (TPSA) is 93.9 Å². The number of ether oxygens (including phenoxy) is 2. The Balaban J connectivity index is 1.53. The van der Waals surface area contributed by atoms with Crippen LogP contribution in [-0.2, 0) is 16.1 Å². The zero-order chi connectivity index (χ0) is 23.7. The van der Waals surface area contributed by atoms with Gasteiger partial charge in [0.15, 0.2) is 11.5 Å². The Morgan fingerprint density at radius 3 is 2.56 bits per heavy atom. The van der Waals surface area contributed by atoms with E-state index in [-0.39, 0.29) is 11.3 Å². The van der Waals surface area contributed by atoms with Crippen LogP contribution in [0, 0.1) is 6.92 Å². The van der Waals surface area contributed by atoms with E-state index < -0.39 is 17.7 Å². The Bertz CT molecular complexity index is 1250. The summed E-state index contributed by atoms with van der Waals surface area (Å²) in [6, 6.07) is 12.0. The van der Waals surface area contributed by atoms with Crippen LogP contribution in [0.2, 0.25) is 0 Å². The van der Waals surface area contributed by atoms with Crippen LogP contribution in [0.4, 0.5) is 0 Å². The second kappa shape index (κ2) is 9.05. The summed E-state index contributed by atoms with van der Waals surface area (Å²) < 4.78 is 13.1. The summed E-state index contributed by atoms with van der Waals surface area (Å²) in [6.45, 7) is 3.85. The molecule has 0 saturated carbocycles. The Morgan fingerprint density at radius 2 is 1.82 bits per heavy atom. The van der Waals surface area contributed by atoms with Gasteiger partial charge in [-0.2, -0.15) is 0 Å². The number of fused-ring (bicyclic) bond motifs is 1. The zero-order valence-corrected chi connectivity index (χ0v) is 18.8. The molecule has 1 aromatic heterocycles. The maximum Gasteiger partial charge on any atom is 0.295 e. The van der Waals surface area contributed by atoms with Crippen molar-refractivity contribution >= 4 is 17.4 Å². The fourth-order valence-corrected chi connectivity index (χ4v) is 4.39. The molecule has 2 aromatic carbocycles. The average Bonchev–Trinajstić information content (AvgIpc) is 3.46. The second-order valence-corrected chi connectivity index (χ2v) is 8.42. The highest BCUT2D eigenvalue weighted by Crippen LogP contribution is 2.41. The van der Waals surface area contributed by atoms with Gasteiger partial charge in [-0.1, -0.05) is 29.8 Å². The molecule has 3 aromatic rings. The summed E-state index contributed by atoms with van der Waals surface area (Å²) in [6.07, 6.45) is 5.91. The molecule has 34 heavy (non-hydrogen) atoms. The van der Waals surface area contributed by atoms with Crippen molar-refractivity contribution in [3.8, 4) is 11.5 Å². The lowest BCUT2D eigenvalue weighted by Crippen LogP contribution is -2.31. The minimum Gasteiger partial charge on any atom is -0.507 e. The molecule has 0 bridgehead atoms. The summed E-state index contributed by atoms with van der Waals surface area (Å²) in [7, 11) is 0. The SMILES string of the molecule is Cc1ccc(C2C(=C(O)c3ccc4c(c3)OCCO4)C(=O)C(=O)N2CCCn2ccnc2)cc1. The number of hydrogen-bond donors (Lipinski definition) is 1. The molecule has 0 aliphatic carbocycles. The van der Waals surface area contributed by atoms with Crippen LogP contribution in [0.5, 0.6) is 11.5 Å². The van der Waals surface area contributed by atoms with E-state index in [0.717, 1.165) is 11.1 Å². The quantitative estimate of drug-likeness (QED) is 0.345. The summed E-state index contributed by atoms with van der Waals surface area (Å²) in [5.74, 6) is -0.455. The first-order valence-corrected chi connectivity index (χ1v) is 11.2. The van der Waals surface area contributed by atoms with Gasteiger partial charge in [-0.3, -0.25) is 9.59 Å². The highest BCUT2D eigenvalue weighted by molar-refractivity contribution is 6.46. The van der Waals surface area contributed by atoms with Gasteiger partial charge in [-0.25, -0.2) is 4.98 Å². The number of aliphatic hydroxyl groups is 1. The molecule has 3 heterocycles. The van der Waals surface area contributed by atoms with Crippen molar-refractivity contribution in [2.24, 2.45) is 0 Å². The number of ketones is 1. The number of hydrogen-bond acceptors (Lipinski definition) is 6. The summed E-state index contributed by atoms with van der Waals surface area (Å²) in [5.41, 5.74) is 2.31. The molecule has 1 atom stereocenters. The number of aliphatic hydroxyl groups excluding tert-OH is 1. The van der Waals surface area contributed by atoms with Crippen LogP contribution in [0.25, 0.3) is 5.76 Å². The minimum atomic E-state index is -0.694. The van der Waals surface area contributed by atoms with Crippen molar-refractivity contribution < 1.29 is 24.2 Å². The number of benzene rings is 2. The number of Topliss-reactive ketones (excluding diaryl/α,β-unsaturated/α-hetero) is 1. The molecule has 1 saturated heterocycles. The van der Waals surface area contributed by atoms with Crippen LogP contribution in [0.3, 0.4) is 0 Å². The van der Waals surface area contributed by atoms with Gasteiger partial charge in [-0.15, -0.1) is 0 Å². The molecule has 2 aliphatic rings. The van der Waals surface area contributed by atoms with Gasteiger partial charge in [-0.05, 0) is 37.1 Å². The maximum atomic E-state index is 13.2. The number of aromatic nitrogens is 2. The van der Waals surface area contributed by atoms with Crippen molar-refractivity contribution in [2.75, 3.05) is 19.8 Å². The van der Waals surface area contributed by atoms with Gasteiger partial charge in [0, 0.05) is 31.0 Å². The predicted molar refractivity (Wildman–Crippen MR) is 124 cm³/mol. The number of carbonyl (C=O) groups is 2. The standard InChI is InChI=1S/C26H25N3O5/c1-17-3-5-18(6-4-17)23-22(24(30)19-7-8-20-21(15-19)34-14-13-33-20)25(31)26(32)29(23)11-2-10-28-12-9-27-16-28/h3-9,12,15-16,23,30H,2,10-11,13-14H2,1H3. The number of imidazole rings is 1. The lowest BCUT2D eigenvalue weighted by molar-refractivity contribution is -0.139.